The van der Waals surface area contributed by atoms with E-state index in [4.69, 9.17) is 9.84 Å². The topological polar surface area (TPSA) is 66.8 Å². The molecule has 0 aliphatic carbocycles. The van der Waals surface area contributed by atoms with Gasteiger partial charge in [-0.2, -0.15) is 0 Å². The van der Waals surface area contributed by atoms with Gasteiger partial charge in [-0.25, -0.2) is 4.79 Å². The summed E-state index contributed by atoms with van der Waals surface area (Å²) in [6.07, 6.45) is 0.914. The van der Waals surface area contributed by atoms with Crippen LogP contribution in [0.15, 0.2) is 42.5 Å². The molecule has 1 fully saturated rings. The molecule has 126 valence electrons. The van der Waals surface area contributed by atoms with Crippen molar-refractivity contribution in [3.8, 4) is 0 Å². The predicted molar refractivity (Wildman–Crippen MR) is 91.4 cm³/mol. The minimum absolute atomic E-state index is 0.0851. The SMILES string of the molecule is O=C(O)c1ccc(C(=O)N2CC[C@@H](COCc3ccccc3)C2)s1. The molecule has 24 heavy (non-hydrogen) atoms. The fourth-order valence-electron chi connectivity index (χ4n) is 2.79. The van der Waals surface area contributed by atoms with Crippen LogP contribution in [0.3, 0.4) is 0 Å². The Kier molecular flexibility index (Phi) is 5.27. The molecule has 6 heteroatoms. The third kappa shape index (κ3) is 4.01. The zero-order chi connectivity index (χ0) is 16.9. The molecule has 1 N–H and O–H groups in total. The van der Waals surface area contributed by atoms with Crippen LogP contribution in [0.5, 0.6) is 0 Å². The molecular weight excluding hydrogens is 326 g/mol. The Morgan fingerprint density at radius 3 is 2.62 bits per heavy atom. The maximum absolute atomic E-state index is 12.4. The molecule has 2 heterocycles. The number of amides is 1. The molecule has 1 aliphatic rings. The third-order valence-corrected chi connectivity index (χ3v) is 5.13. The first kappa shape index (κ1) is 16.7. The number of carboxylic acid groups (broad SMARTS) is 1. The van der Waals surface area contributed by atoms with E-state index in [1.54, 1.807) is 11.0 Å². The Morgan fingerprint density at radius 2 is 1.92 bits per heavy atom. The van der Waals surface area contributed by atoms with E-state index in [1.165, 1.54) is 6.07 Å². The molecular formula is C18H19NO4S. The van der Waals surface area contributed by atoms with Crippen LogP contribution in [0.4, 0.5) is 0 Å². The number of nitrogens with zero attached hydrogens (tertiary/aromatic N) is 1. The van der Waals surface area contributed by atoms with E-state index in [0.717, 1.165) is 23.3 Å². The summed E-state index contributed by atoms with van der Waals surface area (Å²) in [5.41, 5.74) is 1.14. The van der Waals surface area contributed by atoms with Crippen LogP contribution in [0.1, 0.15) is 31.3 Å². The van der Waals surface area contributed by atoms with Crippen LogP contribution in [-0.4, -0.2) is 41.6 Å². The van der Waals surface area contributed by atoms with Crippen molar-refractivity contribution in [3.63, 3.8) is 0 Å². The number of rotatable bonds is 6. The molecule has 5 nitrogen and oxygen atoms in total. The summed E-state index contributed by atoms with van der Waals surface area (Å²) >= 11 is 1.03. The molecule has 1 saturated heterocycles. The van der Waals surface area contributed by atoms with Crippen LogP contribution >= 0.6 is 11.3 Å². The number of hydrogen-bond donors (Lipinski definition) is 1. The van der Waals surface area contributed by atoms with Gasteiger partial charge in [0.15, 0.2) is 0 Å². The van der Waals surface area contributed by atoms with Crippen molar-refractivity contribution in [2.45, 2.75) is 13.0 Å². The van der Waals surface area contributed by atoms with Crippen molar-refractivity contribution >= 4 is 23.2 Å². The van der Waals surface area contributed by atoms with Gasteiger partial charge >= 0.3 is 5.97 Å². The van der Waals surface area contributed by atoms with Crippen LogP contribution in [0.25, 0.3) is 0 Å². The van der Waals surface area contributed by atoms with Crippen molar-refractivity contribution in [2.75, 3.05) is 19.7 Å². The normalized spacial score (nSPS) is 17.2. The number of likely N-dealkylation sites (tertiary alicyclic amines) is 1. The Morgan fingerprint density at radius 1 is 1.17 bits per heavy atom. The molecule has 0 bridgehead atoms. The molecule has 1 aromatic carbocycles. The summed E-state index contributed by atoms with van der Waals surface area (Å²) in [6.45, 7) is 2.56. The van der Waals surface area contributed by atoms with Crippen molar-refractivity contribution in [1.29, 1.82) is 0 Å². The Balaban J connectivity index is 1.47. The molecule has 0 spiro atoms. The van der Waals surface area contributed by atoms with Crippen molar-refractivity contribution in [2.24, 2.45) is 5.92 Å². The molecule has 2 aromatic rings. The lowest BCUT2D eigenvalue weighted by Gasteiger charge is -2.15. The summed E-state index contributed by atoms with van der Waals surface area (Å²) in [4.78, 5) is 25.8. The Bertz CT molecular complexity index is 713. The molecule has 1 aliphatic heterocycles. The van der Waals surface area contributed by atoms with Gasteiger partial charge in [0.2, 0.25) is 0 Å². The van der Waals surface area contributed by atoms with E-state index in [2.05, 4.69) is 0 Å². The van der Waals surface area contributed by atoms with Gasteiger partial charge in [-0.15, -0.1) is 11.3 Å². The molecule has 0 unspecified atom stereocenters. The number of hydrogen-bond acceptors (Lipinski definition) is 4. The molecule has 1 aromatic heterocycles. The summed E-state index contributed by atoms with van der Waals surface area (Å²) < 4.78 is 5.76. The highest BCUT2D eigenvalue weighted by Gasteiger charge is 2.28. The molecule has 0 saturated carbocycles. The predicted octanol–water partition coefficient (Wildman–Crippen LogP) is 3.13. The average molecular weight is 345 g/mol. The summed E-state index contributed by atoms with van der Waals surface area (Å²) in [5, 5.41) is 8.95. The smallest absolute Gasteiger partial charge is 0.345 e. The zero-order valence-electron chi connectivity index (χ0n) is 13.2. The lowest BCUT2D eigenvalue weighted by atomic mass is 10.1. The van der Waals surface area contributed by atoms with Crippen LogP contribution in [0, 0.1) is 5.92 Å². The minimum atomic E-state index is -0.993. The van der Waals surface area contributed by atoms with Crippen LogP contribution in [-0.2, 0) is 11.3 Å². The first-order valence-electron chi connectivity index (χ1n) is 7.87. The molecule has 1 amide bonds. The first-order chi connectivity index (χ1) is 11.6. The lowest BCUT2D eigenvalue weighted by Crippen LogP contribution is -2.28. The largest absolute Gasteiger partial charge is 0.477 e. The number of thiophene rings is 1. The summed E-state index contributed by atoms with van der Waals surface area (Å²) in [6, 6.07) is 13.1. The fourth-order valence-corrected chi connectivity index (χ4v) is 3.61. The highest BCUT2D eigenvalue weighted by atomic mass is 32.1. The highest BCUT2D eigenvalue weighted by molar-refractivity contribution is 7.15. The number of ether oxygens (including phenoxy) is 1. The maximum atomic E-state index is 12.4. The van der Waals surface area contributed by atoms with Gasteiger partial charge in [-0.05, 0) is 24.1 Å². The minimum Gasteiger partial charge on any atom is -0.477 e. The lowest BCUT2D eigenvalue weighted by molar-refractivity contribution is 0.0700. The number of carbonyl (C=O) groups excluding carboxylic acids is 1. The van der Waals surface area contributed by atoms with Crippen LogP contribution in [0.2, 0.25) is 0 Å². The van der Waals surface area contributed by atoms with E-state index in [9.17, 15) is 9.59 Å². The van der Waals surface area contributed by atoms with Gasteiger partial charge in [-0.1, -0.05) is 30.3 Å². The van der Waals surface area contributed by atoms with Gasteiger partial charge in [0.1, 0.15) is 4.88 Å². The quantitative estimate of drug-likeness (QED) is 0.873. The number of aromatic carboxylic acids is 1. The third-order valence-electron chi connectivity index (χ3n) is 4.07. The Hall–Kier alpha value is -2.18. The number of carboxylic acids is 1. The number of carbonyl (C=O) groups is 2. The maximum Gasteiger partial charge on any atom is 0.345 e. The van der Waals surface area contributed by atoms with E-state index in [-0.39, 0.29) is 10.8 Å². The summed E-state index contributed by atoms with van der Waals surface area (Å²) in [5.74, 6) is -0.748. The van der Waals surface area contributed by atoms with Crippen molar-refractivity contribution < 1.29 is 19.4 Å². The second-order valence-electron chi connectivity index (χ2n) is 5.88. The van der Waals surface area contributed by atoms with Crippen molar-refractivity contribution in [3.05, 3.63) is 57.8 Å². The van der Waals surface area contributed by atoms with Gasteiger partial charge < -0.3 is 14.7 Å². The second-order valence-corrected chi connectivity index (χ2v) is 6.96. The summed E-state index contributed by atoms with van der Waals surface area (Å²) in [7, 11) is 0. The zero-order valence-corrected chi connectivity index (χ0v) is 14.0. The van der Waals surface area contributed by atoms with Crippen molar-refractivity contribution in [1.82, 2.24) is 4.90 Å². The van der Waals surface area contributed by atoms with E-state index in [0.29, 0.717) is 37.1 Å². The second kappa shape index (κ2) is 7.59. The van der Waals surface area contributed by atoms with Gasteiger partial charge in [0.25, 0.3) is 5.91 Å². The van der Waals surface area contributed by atoms with Crippen LogP contribution < -0.4 is 0 Å². The first-order valence-corrected chi connectivity index (χ1v) is 8.69. The number of benzene rings is 1. The Labute approximate surface area is 144 Å². The van der Waals surface area contributed by atoms with E-state index < -0.39 is 5.97 Å². The fraction of sp³-hybridized carbons (Fsp3) is 0.333. The van der Waals surface area contributed by atoms with Gasteiger partial charge in [0, 0.05) is 19.0 Å². The molecule has 1 atom stereocenters. The molecule has 0 radical (unpaired) electrons. The monoisotopic (exact) mass is 345 g/mol. The van der Waals surface area contributed by atoms with E-state index >= 15 is 0 Å². The standard InChI is InChI=1S/C18H19NO4S/c20-17(15-6-7-16(24-15)18(21)22)19-9-8-14(10-19)12-23-11-13-4-2-1-3-5-13/h1-7,14H,8-12H2,(H,21,22)/t14-/m1/s1. The highest BCUT2D eigenvalue weighted by Crippen LogP contribution is 2.23. The average Bonchev–Trinajstić information content (AvgIpc) is 3.25. The van der Waals surface area contributed by atoms with Gasteiger partial charge in [0.05, 0.1) is 18.1 Å². The van der Waals surface area contributed by atoms with E-state index in [1.807, 2.05) is 30.3 Å². The van der Waals surface area contributed by atoms with Gasteiger partial charge in [-0.3, -0.25) is 4.79 Å². The molecule has 3 rings (SSSR count).